The molecule has 0 aromatic carbocycles. The Bertz CT molecular complexity index is 257. The van der Waals surface area contributed by atoms with E-state index in [0.29, 0.717) is 6.04 Å². The van der Waals surface area contributed by atoms with Crippen molar-refractivity contribution in [3.8, 4) is 0 Å². The molecule has 0 aromatic heterocycles. The zero-order chi connectivity index (χ0) is 11.7. The van der Waals surface area contributed by atoms with E-state index < -0.39 is 0 Å². The lowest BCUT2D eigenvalue weighted by atomic mass is 9.73. The summed E-state index contributed by atoms with van der Waals surface area (Å²) in [7, 11) is 0. The summed E-state index contributed by atoms with van der Waals surface area (Å²) >= 11 is 2.08. The first kappa shape index (κ1) is 12.3. The van der Waals surface area contributed by atoms with Crippen molar-refractivity contribution in [2.24, 2.45) is 11.8 Å². The first-order chi connectivity index (χ1) is 8.30. The third-order valence-corrected chi connectivity index (χ3v) is 6.16. The summed E-state index contributed by atoms with van der Waals surface area (Å²) in [5.74, 6) is 4.33. The van der Waals surface area contributed by atoms with E-state index in [1.165, 1.54) is 43.6 Å². The molecule has 0 radical (unpaired) electrons. The van der Waals surface area contributed by atoms with Crippen LogP contribution in [0.15, 0.2) is 0 Å². The van der Waals surface area contributed by atoms with Crippen LogP contribution in [-0.4, -0.2) is 36.3 Å². The average Bonchev–Trinajstić information content (AvgIpc) is 2.80. The van der Waals surface area contributed by atoms with Gasteiger partial charge in [-0.05, 0) is 36.9 Å². The average molecular weight is 255 g/mol. The minimum atomic E-state index is 0.189. The summed E-state index contributed by atoms with van der Waals surface area (Å²) in [4.78, 5) is 0. The second-order valence-electron chi connectivity index (χ2n) is 6.17. The number of ether oxygens (including phenoxy) is 1. The zero-order valence-corrected chi connectivity index (χ0v) is 11.7. The Kier molecular flexibility index (Phi) is 3.69. The topological polar surface area (TPSA) is 21.3 Å². The van der Waals surface area contributed by atoms with Gasteiger partial charge in [0.1, 0.15) is 0 Å². The first-order valence-corrected chi connectivity index (χ1v) is 8.41. The highest BCUT2D eigenvalue weighted by Crippen LogP contribution is 2.42. The molecule has 3 aliphatic rings. The summed E-state index contributed by atoms with van der Waals surface area (Å²) in [6.45, 7) is 4.38. The molecule has 1 aliphatic carbocycles. The summed E-state index contributed by atoms with van der Waals surface area (Å²) in [6, 6.07) is 0.638. The maximum absolute atomic E-state index is 6.24. The maximum atomic E-state index is 6.24. The fraction of sp³-hybridized carbons (Fsp3) is 1.00. The smallest absolute Gasteiger partial charge is 0.0935 e. The lowest BCUT2D eigenvalue weighted by molar-refractivity contribution is -0.0973. The van der Waals surface area contributed by atoms with Crippen molar-refractivity contribution in [3.05, 3.63) is 0 Å². The Balaban J connectivity index is 1.70. The van der Waals surface area contributed by atoms with E-state index in [1.54, 1.807) is 0 Å². The molecule has 1 spiro atoms. The van der Waals surface area contributed by atoms with E-state index in [4.69, 9.17) is 4.74 Å². The second-order valence-corrected chi connectivity index (χ2v) is 7.27. The van der Waals surface area contributed by atoms with Crippen LogP contribution >= 0.6 is 11.8 Å². The normalized spacial score (nSPS) is 47.5. The number of morpholine rings is 1. The number of hydrogen-bond acceptors (Lipinski definition) is 3. The van der Waals surface area contributed by atoms with E-state index in [9.17, 15) is 0 Å². The molecule has 0 bridgehead atoms. The molecule has 17 heavy (non-hydrogen) atoms. The Labute approximate surface area is 109 Å². The molecule has 2 saturated heterocycles. The van der Waals surface area contributed by atoms with Crippen LogP contribution in [0, 0.1) is 11.8 Å². The number of hydrogen-bond donors (Lipinski definition) is 1. The highest BCUT2D eigenvalue weighted by atomic mass is 32.2. The van der Waals surface area contributed by atoms with Crippen LogP contribution < -0.4 is 5.32 Å². The lowest BCUT2D eigenvalue weighted by Crippen LogP contribution is -2.61. The van der Waals surface area contributed by atoms with Gasteiger partial charge in [-0.2, -0.15) is 11.8 Å². The van der Waals surface area contributed by atoms with Crippen LogP contribution in [0.25, 0.3) is 0 Å². The third-order valence-electron chi connectivity index (χ3n) is 4.97. The van der Waals surface area contributed by atoms with E-state index in [-0.39, 0.29) is 5.60 Å². The summed E-state index contributed by atoms with van der Waals surface area (Å²) in [5.41, 5.74) is 0.189. The fourth-order valence-corrected chi connectivity index (χ4v) is 5.27. The monoisotopic (exact) mass is 255 g/mol. The van der Waals surface area contributed by atoms with Crippen molar-refractivity contribution in [3.63, 3.8) is 0 Å². The second kappa shape index (κ2) is 5.10. The van der Waals surface area contributed by atoms with Crippen molar-refractivity contribution < 1.29 is 4.74 Å². The molecule has 2 nitrogen and oxygen atoms in total. The first-order valence-electron chi connectivity index (χ1n) is 7.25. The molecule has 3 rings (SSSR count). The standard InChI is InChI=1S/C14H25NOS/c1-11-2-4-12(5-3-11)13-14(6-9-17-10-14)16-8-7-15-13/h11-13,15H,2-10H2,1H3. The van der Waals surface area contributed by atoms with Crippen molar-refractivity contribution in [1.82, 2.24) is 5.32 Å². The Morgan fingerprint density at radius 1 is 1.24 bits per heavy atom. The van der Waals surface area contributed by atoms with Crippen molar-refractivity contribution in [2.75, 3.05) is 24.7 Å². The summed E-state index contributed by atoms with van der Waals surface area (Å²) in [5, 5.41) is 3.80. The molecular weight excluding hydrogens is 230 g/mol. The molecule has 2 aliphatic heterocycles. The molecule has 2 heterocycles. The predicted molar refractivity (Wildman–Crippen MR) is 73.5 cm³/mol. The molecule has 1 N–H and O–H groups in total. The highest BCUT2D eigenvalue weighted by molar-refractivity contribution is 7.99. The minimum Gasteiger partial charge on any atom is -0.371 e. The van der Waals surface area contributed by atoms with Gasteiger partial charge in [-0.15, -0.1) is 0 Å². The molecular formula is C14H25NOS. The van der Waals surface area contributed by atoms with Gasteiger partial charge in [0.25, 0.3) is 0 Å². The van der Waals surface area contributed by atoms with Crippen molar-refractivity contribution in [2.45, 2.75) is 50.7 Å². The molecule has 3 heteroatoms. The maximum Gasteiger partial charge on any atom is 0.0935 e. The Morgan fingerprint density at radius 3 is 2.76 bits per heavy atom. The molecule has 0 aromatic rings. The van der Waals surface area contributed by atoms with Crippen LogP contribution in [0.3, 0.4) is 0 Å². The van der Waals surface area contributed by atoms with Gasteiger partial charge >= 0.3 is 0 Å². The summed E-state index contributed by atoms with van der Waals surface area (Å²) in [6.07, 6.45) is 6.93. The largest absolute Gasteiger partial charge is 0.371 e. The van der Waals surface area contributed by atoms with Gasteiger partial charge in [0.2, 0.25) is 0 Å². The predicted octanol–water partition coefficient (Wildman–Crippen LogP) is 2.68. The van der Waals surface area contributed by atoms with E-state index in [0.717, 1.165) is 25.0 Å². The van der Waals surface area contributed by atoms with Gasteiger partial charge in [0, 0.05) is 18.3 Å². The van der Waals surface area contributed by atoms with Crippen LogP contribution in [0.1, 0.15) is 39.0 Å². The van der Waals surface area contributed by atoms with E-state index >= 15 is 0 Å². The number of thioether (sulfide) groups is 1. The Morgan fingerprint density at radius 2 is 2.06 bits per heavy atom. The van der Waals surface area contributed by atoms with E-state index in [2.05, 4.69) is 24.0 Å². The van der Waals surface area contributed by atoms with Crippen LogP contribution in [-0.2, 0) is 4.74 Å². The minimum absolute atomic E-state index is 0.189. The lowest BCUT2D eigenvalue weighted by Gasteiger charge is -2.47. The van der Waals surface area contributed by atoms with Gasteiger partial charge in [-0.3, -0.25) is 0 Å². The summed E-state index contributed by atoms with van der Waals surface area (Å²) < 4.78 is 6.24. The van der Waals surface area contributed by atoms with Gasteiger partial charge in [-0.1, -0.05) is 19.8 Å². The van der Waals surface area contributed by atoms with Gasteiger partial charge in [0.15, 0.2) is 0 Å². The molecule has 1 saturated carbocycles. The van der Waals surface area contributed by atoms with Crippen LogP contribution in [0.2, 0.25) is 0 Å². The van der Waals surface area contributed by atoms with Crippen molar-refractivity contribution >= 4 is 11.8 Å². The number of nitrogens with one attached hydrogen (secondary N) is 1. The highest BCUT2D eigenvalue weighted by Gasteiger charge is 2.48. The van der Waals surface area contributed by atoms with Gasteiger partial charge < -0.3 is 10.1 Å². The third kappa shape index (κ3) is 2.39. The zero-order valence-electron chi connectivity index (χ0n) is 10.9. The SMILES string of the molecule is CC1CCC(C2NCCOC23CCSC3)CC1. The number of rotatable bonds is 1. The molecule has 98 valence electrons. The van der Waals surface area contributed by atoms with Gasteiger partial charge in [-0.25, -0.2) is 0 Å². The van der Waals surface area contributed by atoms with Crippen LogP contribution in [0.4, 0.5) is 0 Å². The van der Waals surface area contributed by atoms with Crippen molar-refractivity contribution in [1.29, 1.82) is 0 Å². The van der Waals surface area contributed by atoms with Gasteiger partial charge in [0.05, 0.1) is 12.2 Å². The van der Waals surface area contributed by atoms with E-state index in [1.807, 2.05) is 0 Å². The van der Waals surface area contributed by atoms with Crippen LogP contribution in [0.5, 0.6) is 0 Å². The fourth-order valence-electron chi connectivity index (χ4n) is 3.88. The quantitative estimate of drug-likeness (QED) is 0.778. The molecule has 3 fully saturated rings. The Hall–Kier alpha value is 0.270. The molecule has 2 atom stereocenters. The molecule has 2 unspecified atom stereocenters. The molecule has 0 amide bonds.